The smallest absolute Gasteiger partial charge is 0.256 e. The van der Waals surface area contributed by atoms with E-state index < -0.39 is 0 Å². The van der Waals surface area contributed by atoms with Gasteiger partial charge in [0.2, 0.25) is 0 Å². The Kier molecular flexibility index (Phi) is 5.79. The maximum Gasteiger partial charge on any atom is 0.256 e. The topological polar surface area (TPSA) is 51.2 Å². The Bertz CT molecular complexity index is 1490. The highest BCUT2D eigenvalue weighted by molar-refractivity contribution is 6.13. The van der Waals surface area contributed by atoms with Crippen LogP contribution >= 0.6 is 0 Å². The zero-order valence-corrected chi connectivity index (χ0v) is 19.1. The molecule has 0 saturated heterocycles. The number of fused-ring (bicyclic) bond motifs is 1. The summed E-state index contributed by atoms with van der Waals surface area (Å²) in [6.45, 7) is 4.13. The van der Waals surface area contributed by atoms with Crippen LogP contribution < -0.4 is 10.1 Å². The lowest BCUT2D eigenvalue weighted by Crippen LogP contribution is -2.13. The van der Waals surface area contributed by atoms with E-state index in [1.54, 1.807) is 0 Å². The van der Waals surface area contributed by atoms with Crippen molar-refractivity contribution in [3.05, 3.63) is 120 Å². The fourth-order valence-corrected chi connectivity index (χ4v) is 4.07. The Morgan fingerprint density at radius 3 is 2.35 bits per heavy atom. The Balaban J connectivity index is 1.54. The average Bonchev–Trinajstić information content (AvgIpc) is 2.85. The first-order chi connectivity index (χ1) is 16.6. The van der Waals surface area contributed by atoms with Gasteiger partial charge >= 0.3 is 0 Å². The van der Waals surface area contributed by atoms with Gasteiger partial charge in [-0.15, -0.1) is 0 Å². The summed E-state index contributed by atoms with van der Waals surface area (Å²) in [7, 11) is 0. The Labute approximate surface area is 198 Å². The molecule has 4 heteroatoms. The van der Waals surface area contributed by atoms with E-state index >= 15 is 0 Å². The van der Waals surface area contributed by atoms with Crippen molar-refractivity contribution in [2.24, 2.45) is 0 Å². The third-order valence-corrected chi connectivity index (χ3v) is 5.72. The first-order valence-corrected chi connectivity index (χ1v) is 11.2. The molecule has 0 saturated carbocycles. The average molecular weight is 445 g/mol. The molecule has 4 aromatic carbocycles. The largest absolute Gasteiger partial charge is 0.455 e. The number of carbonyl (C=O) groups is 1. The number of hydrogen-bond donors (Lipinski definition) is 1. The van der Waals surface area contributed by atoms with Gasteiger partial charge in [0.1, 0.15) is 5.75 Å². The van der Waals surface area contributed by atoms with Gasteiger partial charge < -0.3 is 10.1 Å². The van der Waals surface area contributed by atoms with E-state index in [0.29, 0.717) is 22.7 Å². The number of anilines is 1. The van der Waals surface area contributed by atoms with Crippen molar-refractivity contribution in [2.45, 2.75) is 13.8 Å². The lowest BCUT2D eigenvalue weighted by atomic mass is 9.99. The van der Waals surface area contributed by atoms with Gasteiger partial charge in [0, 0.05) is 10.9 Å². The van der Waals surface area contributed by atoms with Gasteiger partial charge in [-0.2, -0.15) is 0 Å². The van der Waals surface area contributed by atoms with Crippen LogP contribution in [0.3, 0.4) is 0 Å². The SMILES string of the molecule is Cc1ccc(-c2cc(C(=O)Nc3ccccc3Oc3ccccc3)c3ccccc3n2)c(C)c1. The zero-order valence-electron chi connectivity index (χ0n) is 19.1. The molecule has 4 nitrogen and oxygen atoms in total. The Morgan fingerprint density at radius 1 is 0.794 bits per heavy atom. The monoisotopic (exact) mass is 444 g/mol. The normalized spacial score (nSPS) is 10.8. The molecular formula is C30H24N2O2. The minimum absolute atomic E-state index is 0.214. The minimum Gasteiger partial charge on any atom is -0.455 e. The van der Waals surface area contributed by atoms with E-state index in [-0.39, 0.29) is 5.91 Å². The summed E-state index contributed by atoms with van der Waals surface area (Å²) >= 11 is 0. The van der Waals surface area contributed by atoms with Crippen LogP contribution in [0.1, 0.15) is 21.5 Å². The number of rotatable bonds is 5. The van der Waals surface area contributed by atoms with Gasteiger partial charge in [-0.05, 0) is 55.8 Å². The lowest BCUT2D eigenvalue weighted by molar-refractivity contribution is 0.102. The van der Waals surface area contributed by atoms with Crippen LogP contribution in [-0.4, -0.2) is 10.9 Å². The van der Waals surface area contributed by atoms with Gasteiger partial charge in [0.15, 0.2) is 5.75 Å². The second-order valence-corrected chi connectivity index (χ2v) is 8.26. The third kappa shape index (κ3) is 4.39. The van der Waals surface area contributed by atoms with E-state index in [1.807, 2.05) is 84.9 Å². The molecule has 1 amide bonds. The van der Waals surface area contributed by atoms with Crippen LogP contribution in [0, 0.1) is 13.8 Å². The Hall–Kier alpha value is -4.44. The molecule has 0 spiro atoms. The summed E-state index contributed by atoms with van der Waals surface area (Å²) in [5.74, 6) is 1.07. The molecule has 1 aromatic heterocycles. The fraction of sp³-hybridized carbons (Fsp3) is 0.0667. The van der Waals surface area contributed by atoms with E-state index in [0.717, 1.165) is 27.7 Å². The summed E-state index contributed by atoms with van der Waals surface area (Å²) in [6.07, 6.45) is 0. The molecule has 0 fully saturated rings. The molecule has 1 N–H and O–H groups in total. The molecule has 0 bridgehead atoms. The first kappa shape index (κ1) is 21.4. The summed E-state index contributed by atoms with van der Waals surface area (Å²) in [5.41, 5.74) is 6.04. The number of nitrogens with zero attached hydrogens (tertiary/aromatic N) is 1. The van der Waals surface area contributed by atoms with Crippen molar-refractivity contribution in [3.63, 3.8) is 0 Å². The van der Waals surface area contributed by atoms with E-state index in [9.17, 15) is 4.79 Å². The maximum atomic E-state index is 13.6. The van der Waals surface area contributed by atoms with Crippen molar-refractivity contribution in [1.82, 2.24) is 4.98 Å². The number of nitrogens with one attached hydrogen (secondary N) is 1. The number of carbonyl (C=O) groups excluding carboxylic acids is 1. The molecule has 5 aromatic rings. The van der Waals surface area contributed by atoms with Crippen LogP contribution in [0.4, 0.5) is 5.69 Å². The van der Waals surface area contributed by atoms with E-state index in [4.69, 9.17) is 9.72 Å². The van der Waals surface area contributed by atoms with E-state index in [1.165, 1.54) is 5.56 Å². The third-order valence-electron chi connectivity index (χ3n) is 5.72. The highest BCUT2D eigenvalue weighted by atomic mass is 16.5. The first-order valence-electron chi connectivity index (χ1n) is 11.2. The van der Waals surface area contributed by atoms with Crippen LogP contribution in [0.25, 0.3) is 22.2 Å². The van der Waals surface area contributed by atoms with Crippen molar-refractivity contribution < 1.29 is 9.53 Å². The molecular weight excluding hydrogens is 420 g/mol. The van der Waals surface area contributed by atoms with Gasteiger partial charge in [-0.1, -0.05) is 72.3 Å². The minimum atomic E-state index is -0.214. The molecule has 0 aliphatic carbocycles. The number of pyridine rings is 1. The van der Waals surface area contributed by atoms with Crippen LogP contribution in [-0.2, 0) is 0 Å². The molecule has 166 valence electrons. The predicted octanol–water partition coefficient (Wildman–Crippen LogP) is 7.56. The molecule has 0 aliphatic rings. The van der Waals surface area contributed by atoms with Gasteiger partial charge in [-0.3, -0.25) is 4.79 Å². The molecule has 34 heavy (non-hydrogen) atoms. The standard InChI is InChI=1S/C30H24N2O2/c1-20-16-17-23(21(2)18-20)28-19-25(24-12-6-7-13-26(24)31-28)30(33)32-27-14-8-9-15-29(27)34-22-10-4-3-5-11-22/h3-19H,1-2H3,(H,32,33). The van der Waals surface area contributed by atoms with Crippen molar-refractivity contribution in [2.75, 3.05) is 5.32 Å². The molecule has 5 rings (SSSR count). The predicted molar refractivity (Wildman–Crippen MR) is 138 cm³/mol. The molecule has 0 unspecified atom stereocenters. The number of aromatic nitrogens is 1. The summed E-state index contributed by atoms with van der Waals surface area (Å²) < 4.78 is 6.03. The maximum absolute atomic E-state index is 13.6. The lowest BCUT2D eigenvalue weighted by Gasteiger charge is -2.14. The quantitative estimate of drug-likeness (QED) is 0.304. The summed E-state index contributed by atoms with van der Waals surface area (Å²) in [4.78, 5) is 18.4. The van der Waals surface area contributed by atoms with Crippen LogP contribution in [0.15, 0.2) is 103 Å². The van der Waals surface area contributed by atoms with E-state index in [2.05, 4.69) is 37.4 Å². The fourth-order valence-electron chi connectivity index (χ4n) is 4.07. The number of amides is 1. The number of ether oxygens (including phenoxy) is 1. The number of benzene rings is 4. The molecule has 1 heterocycles. The van der Waals surface area contributed by atoms with Gasteiger partial charge in [0.25, 0.3) is 5.91 Å². The van der Waals surface area contributed by atoms with Crippen LogP contribution in [0.2, 0.25) is 0 Å². The van der Waals surface area contributed by atoms with Gasteiger partial charge in [-0.25, -0.2) is 4.98 Å². The molecule has 0 radical (unpaired) electrons. The second kappa shape index (κ2) is 9.20. The number of hydrogen-bond acceptors (Lipinski definition) is 3. The highest BCUT2D eigenvalue weighted by Gasteiger charge is 2.17. The van der Waals surface area contributed by atoms with Crippen LogP contribution in [0.5, 0.6) is 11.5 Å². The molecule has 0 atom stereocenters. The Morgan fingerprint density at radius 2 is 1.53 bits per heavy atom. The highest BCUT2D eigenvalue weighted by Crippen LogP contribution is 2.31. The summed E-state index contributed by atoms with van der Waals surface area (Å²) in [5, 5.41) is 3.85. The summed E-state index contributed by atoms with van der Waals surface area (Å²) in [6, 6.07) is 32.8. The van der Waals surface area contributed by atoms with Crippen molar-refractivity contribution >= 4 is 22.5 Å². The second-order valence-electron chi connectivity index (χ2n) is 8.26. The van der Waals surface area contributed by atoms with Gasteiger partial charge in [0.05, 0.1) is 22.5 Å². The number of para-hydroxylation sites is 4. The number of aryl methyl sites for hydroxylation is 2. The molecule has 0 aliphatic heterocycles. The zero-order chi connectivity index (χ0) is 23.5. The van der Waals surface area contributed by atoms with Crippen molar-refractivity contribution in [3.8, 4) is 22.8 Å². The van der Waals surface area contributed by atoms with Crippen molar-refractivity contribution in [1.29, 1.82) is 0 Å².